The van der Waals surface area contributed by atoms with Crippen LogP contribution in [0, 0.1) is 12.8 Å². The number of imidazole rings is 1. The molecular weight excluding hydrogens is 246 g/mol. The van der Waals surface area contributed by atoms with Gasteiger partial charge in [0.05, 0.1) is 0 Å². The van der Waals surface area contributed by atoms with Crippen molar-refractivity contribution >= 4 is 0 Å². The predicted octanol–water partition coefficient (Wildman–Crippen LogP) is 3.77. The molecule has 0 bridgehead atoms. The van der Waals surface area contributed by atoms with Crippen molar-refractivity contribution in [2.24, 2.45) is 5.92 Å². The van der Waals surface area contributed by atoms with Gasteiger partial charge in [0.1, 0.15) is 5.82 Å². The minimum atomic E-state index is 0.365. The monoisotopic (exact) mass is 271 g/mol. The van der Waals surface area contributed by atoms with Crippen LogP contribution in [0.4, 0.5) is 0 Å². The normalized spacial score (nSPS) is 12.8. The molecule has 1 atom stereocenters. The van der Waals surface area contributed by atoms with E-state index in [0.29, 0.717) is 12.0 Å². The quantitative estimate of drug-likeness (QED) is 0.839. The van der Waals surface area contributed by atoms with Crippen molar-refractivity contribution in [3.63, 3.8) is 0 Å². The van der Waals surface area contributed by atoms with Crippen LogP contribution in [-0.4, -0.2) is 9.97 Å². The molecule has 1 aromatic carbocycles. The van der Waals surface area contributed by atoms with Gasteiger partial charge in [0.15, 0.2) is 0 Å². The maximum Gasteiger partial charge on any atom is 0.103 e. The Hall–Kier alpha value is -1.61. The molecule has 108 valence electrons. The third-order valence-electron chi connectivity index (χ3n) is 3.68. The maximum atomic E-state index is 4.24. The van der Waals surface area contributed by atoms with Gasteiger partial charge in [0.2, 0.25) is 0 Å². The summed E-state index contributed by atoms with van der Waals surface area (Å²) in [4.78, 5) is 7.51. The molecule has 0 amide bonds. The molecule has 0 spiro atoms. The van der Waals surface area contributed by atoms with Crippen LogP contribution < -0.4 is 5.32 Å². The molecule has 0 saturated carbocycles. The van der Waals surface area contributed by atoms with Gasteiger partial charge in [-0.05, 0) is 30.4 Å². The zero-order chi connectivity index (χ0) is 14.5. The van der Waals surface area contributed by atoms with Crippen molar-refractivity contribution in [2.45, 2.75) is 46.7 Å². The summed E-state index contributed by atoms with van der Waals surface area (Å²) < 4.78 is 0. The van der Waals surface area contributed by atoms with E-state index in [9.17, 15) is 0 Å². The predicted molar refractivity (Wildman–Crippen MR) is 83.6 cm³/mol. The number of hydrogen-bond donors (Lipinski definition) is 2. The smallest absolute Gasteiger partial charge is 0.103 e. The summed E-state index contributed by atoms with van der Waals surface area (Å²) in [6.07, 6.45) is 2.99. The molecule has 2 N–H and O–H groups in total. The molecule has 1 heterocycles. The van der Waals surface area contributed by atoms with E-state index in [4.69, 9.17) is 0 Å². The Labute approximate surface area is 121 Å². The first-order chi connectivity index (χ1) is 9.60. The zero-order valence-corrected chi connectivity index (χ0v) is 12.9. The number of H-pyrrole nitrogens is 1. The number of benzene rings is 1. The van der Waals surface area contributed by atoms with Gasteiger partial charge in [0.25, 0.3) is 0 Å². The minimum absolute atomic E-state index is 0.365. The van der Waals surface area contributed by atoms with E-state index in [1.54, 1.807) is 0 Å². The summed E-state index contributed by atoms with van der Waals surface area (Å²) in [5.74, 6) is 1.52. The Balaban J connectivity index is 2.06. The summed E-state index contributed by atoms with van der Waals surface area (Å²) in [5, 5.41) is 3.63. The first-order valence-electron chi connectivity index (χ1n) is 7.42. The van der Waals surface area contributed by atoms with Crippen LogP contribution >= 0.6 is 0 Å². The summed E-state index contributed by atoms with van der Waals surface area (Å²) in [5.41, 5.74) is 3.88. The zero-order valence-electron chi connectivity index (χ0n) is 12.9. The Bertz CT molecular complexity index is 525. The highest BCUT2D eigenvalue weighted by Gasteiger charge is 2.15. The first-order valence-corrected chi connectivity index (χ1v) is 7.42. The van der Waals surface area contributed by atoms with E-state index in [2.05, 4.69) is 60.3 Å². The molecule has 3 nitrogen and oxygen atoms in total. The molecule has 0 radical (unpaired) electrons. The summed E-state index contributed by atoms with van der Waals surface area (Å²) in [6, 6.07) is 9.31. The molecule has 20 heavy (non-hydrogen) atoms. The van der Waals surface area contributed by atoms with Crippen LogP contribution in [0.15, 0.2) is 30.5 Å². The Kier molecular flexibility index (Phi) is 4.96. The molecule has 2 aromatic rings. The highest BCUT2D eigenvalue weighted by Crippen LogP contribution is 2.22. The van der Waals surface area contributed by atoms with Gasteiger partial charge in [-0.3, -0.25) is 0 Å². The largest absolute Gasteiger partial charge is 0.345 e. The average molecular weight is 271 g/mol. The highest BCUT2D eigenvalue weighted by atomic mass is 15.0. The van der Waals surface area contributed by atoms with Gasteiger partial charge in [-0.15, -0.1) is 0 Å². The van der Waals surface area contributed by atoms with Crippen molar-refractivity contribution in [3.8, 4) is 0 Å². The van der Waals surface area contributed by atoms with E-state index >= 15 is 0 Å². The second-order valence-electron chi connectivity index (χ2n) is 5.69. The van der Waals surface area contributed by atoms with Gasteiger partial charge >= 0.3 is 0 Å². The van der Waals surface area contributed by atoms with Crippen LogP contribution in [0.1, 0.15) is 49.5 Å². The fourth-order valence-corrected chi connectivity index (χ4v) is 2.48. The second-order valence-corrected chi connectivity index (χ2v) is 5.69. The van der Waals surface area contributed by atoms with E-state index < -0.39 is 0 Å². The van der Waals surface area contributed by atoms with Crippen molar-refractivity contribution in [1.82, 2.24) is 15.3 Å². The molecule has 0 aliphatic heterocycles. The molecule has 0 aliphatic rings. The van der Waals surface area contributed by atoms with Gasteiger partial charge in [-0.1, -0.05) is 45.0 Å². The number of aromatic nitrogens is 2. The maximum absolute atomic E-state index is 4.24. The Morgan fingerprint density at radius 1 is 1.20 bits per heavy atom. The third kappa shape index (κ3) is 3.70. The lowest BCUT2D eigenvalue weighted by atomic mass is 9.95. The molecule has 1 unspecified atom stereocenters. The molecular formula is C17H25N3. The summed E-state index contributed by atoms with van der Waals surface area (Å²) in [7, 11) is 0. The minimum Gasteiger partial charge on any atom is -0.345 e. The average Bonchev–Trinajstić information content (AvgIpc) is 2.85. The van der Waals surface area contributed by atoms with E-state index in [1.165, 1.54) is 11.1 Å². The topological polar surface area (TPSA) is 40.7 Å². The van der Waals surface area contributed by atoms with Gasteiger partial charge in [0, 0.05) is 24.5 Å². The molecule has 0 saturated heterocycles. The van der Waals surface area contributed by atoms with E-state index in [-0.39, 0.29) is 0 Å². The number of aromatic amines is 1. The van der Waals surface area contributed by atoms with Crippen molar-refractivity contribution in [3.05, 3.63) is 53.1 Å². The highest BCUT2D eigenvalue weighted by molar-refractivity contribution is 5.25. The molecule has 0 fully saturated rings. The molecule has 0 aliphatic carbocycles. The van der Waals surface area contributed by atoms with Crippen molar-refractivity contribution in [2.75, 3.05) is 0 Å². The molecule has 2 rings (SSSR count). The molecule has 1 aromatic heterocycles. The van der Waals surface area contributed by atoms with Crippen LogP contribution in [-0.2, 0) is 13.0 Å². The first kappa shape index (κ1) is 14.8. The summed E-state index contributed by atoms with van der Waals surface area (Å²) >= 11 is 0. The van der Waals surface area contributed by atoms with E-state index in [1.807, 2.05) is 13.1 Å². The van der Waals surface area contributed by atoms with E-state index in [0.717, 1.165) is 24.5 Å². The fourth-order valence-electron chi connectivity index (χ4n) is 2.48. The number of aryl methyl sites for hydroxylation is 2. The fraction of sp³-hybridized carbons (Fsp3) is 0.471. The Morgan fingerprint density at radius 2 is 1.90 bits per heavy atom. The second kappa shape index (κ2) is 6.71. The van der Waals surface area contributed by atoms with Gasteiger partial charge in [-0.25, -0.2) is 4.98 Å². The van der Waals surface area contributed by atoms with Crippen LogP contribution in [0.3, 0.4) is 0 Å². The van der Waals surface area contributed by atoms with Crippen LogP contribution in [0.5, 0.6) is 0 Å². The SMILES string of the molecule is CCc1ccc(C(NCc2cnc(C)[nH]2)C(C)C)cc1. The van der Waals surface area contributed by atoms with Gasteiger partial charge in [-0.2, -0.15) is 0 Å². The van der Waals surface area contributed by atoms with Crippen LogP contribution in [0.25, 0.3) is 0 Å². The van der Waals surface area contributed by atoms with Gasteiger partial charge < -0.3 is 10.3 Å². The lowest BCUT2D eigenvalue weighted by molar-refractivity contribution is 0.408. The van der Waals surface area contributed by atoms with Crippen LogP contribution in [0.2, 0.25) is 0 Å². The number of nitrogens with zero attached hydrogens (tertiary/aromatic N) is 1. The third-order valence-corrected chi connectivity index (χ3v) is 3.68. The number of hydrogen-bond acceptors (Lipinski definition) is 2. The molecule has 3 heteroatoms. The summed E-state index contributed by atoms with van der Waals surface area (Å²) in [6.45, 7) is 9.49. The Morgan fingerprint density at radius 3 is 2.40 bits per heavy atom. The van der Waals surface area contributed by atoms with Crippen molar-refractivity contribution < 1.29 is 0 Å². The number of nitrogens with one attached hydrogen (secondary N) is 2. The standard InChI is InChI=1S/C17H25N3/c1-5-14-6-8-15(9-7-14)17(12(2)3)19-11-16-10-18-13(4)20-16/h6-10,12,17,19H,5,11H2,1-4H3,(H,18,20). The lowest BCUT2D eigenvalue weighted by Crippen LogP contribution is -2.25. The van der Waals surface area contributed by atoms with Crippen molar-refractivity contribution in [1.29, 1.82) is 0 Å². The number of rotatable bonds is 6. The lowest BCUT2D eigenvalue weighted by Gasteiger charge is -2.23.